The Hall–Kier alpha value is -0.850. The van der Waals surface area contributed by atoms with E-state index in [1.807, 2.05) is 13.8 Å². The van der Waals surface area contributed by atoms with Crippen LogP contribution in [0.2, 0.25) is 0 Å². The van der Waals surface area contributed by atoms with Crippen molar-refractivity contribution in [1.82, 2.24) is 0 Å². The van der Waals surface area contributed by atoms with E-state index >= 15 is 0 Å². The van der Waals surface area contributed by atoms with Gasteiger partial charge in [-0.3, -0.25) is 0 Å². The first-order valence-corrected chi connectivity index (χ1v) is 4.42. The molecule has 0 radical (unpaired) electrons. The van der Waals surface area contributed by atoms with Gasteiger partial charge in [0, 0.05) is 5.92 Å². The Morgan fingerprint density at radius 3 is 2.92 bits per heavy atom. The van der Waals surface area contributed by atoms with E-state index in [1.165, 1.54) is 11.1 Å². The topological polar surface area (TPSA) is 17.1 Å². The van der Waals surface area contributed by atoms with Gasteiger partial charge in [0.15, 0.2) is 0 Å². The number of hydrogen-bond acceptors (Lipinski definition) is 1. The fourth-order valence-electron chi connectivity index (χ4n) is 1.63. The Balaban J connectivity index is 2.70. The molecular formula is C11H16O. The van der Waals surface area contributed by atoms with Gasteiger partial charge in [-0.1, -0.05) is 23.8 Å². The number of allylic oxidation sites excluding steroid dienone is 3. The predicted molar refractivity (Wildman–Crippen MR) is 50.8 cm³/mol. The number of carbonyl (C=O) groups excluding carboxylic acids is 1. The minimum absolute atomic E-state index is 0.139. The van der Waals surface area contributed by atoms with E-state index < -0.39 is 0 Å². The molecule has 0 N–H and O–H groups in total. The molecule has 1 aliphatic carbocycles. The Bertz CT molecular complexity index is 225. The van der Waals surface area contributed by atoms with E-state index in [0.29, 0.717) is 5.92 Å². The fourth-order valence-corrected chi connectivity index (χ4v) is 1.63. The van der Waals surface area contributed by atoms with Crippen molar-refractivity contribution in [2.24, 2.45) is 11.8 Å². The summed E-state index contributed by atoms with van der Waals surface area (Å²) in [6, 6.07) is 0. The molecule has 0 aromatic heterocycles. The summed E-state index contributed by atoms with van der Waals surface area (Å²) in [5.74, 6) is 0.657. The average molecular weight is 164 g/mol. The van der Waals surface area contributed by atoms with Crippen LogP contribution in [-0.2, 0) is 4.79 Å². The Kier molecular flexibility index (Phi) is 2.85. The zero-order chi connectivity index (χ0) is 9.14. The van der Waals surface area contributed by atoms with Gasteiger partial charge in [0.05, 0.1) is 0 Å². The van der Waals surface area contributed by atoms with Crippen molar-refractivity contribution < 1.29 is 4.79 Å². The molecule has 0 amide bonds. The molecule has 0 aromatic carbocycles. The maximum Gasteiger partial charge on any atom is 0.127 e. The molecule has 0 heterocycles. The largest absolute Gasteiger partial charge is 0.303 e. The second kappa shape index (κ2) is 3.70. The summed E-state index contributed by atoms with van der Waals surface area (Å²) in [6.45, 7) is 8.01. The van der Waals surface area contributed by atoms with E-state index in [2.05, 4.69) is 12.7 Å². The highest BCUT2D eigenvalue weighted by molar-refractivity contribution is 5.59. The third kappa shape index (κ3) is 1.84. The predicted octanol–water partition coefficient (Wildman–Crippen LogP) is 2.73. The van der Waals surface area contributed by atoms with Gasteiger partial charge in [0.1, 0.15) is 6.29 Å². The third-order valence-corrected chi connectivity index (χ3v) is 2.71. The van der Waals surface area contributed by atoms with E-state index in [0.717, 1.165) is 19.1 Å². The van der Waals surface area contributed by atoms with Gasteiger partial charge in [-0.05, 0) is 32.6 Å². The first-order chi connectivity index (χ1) is 5.65. The number of hydrogen-bond donors (Lipinski definition) is 0. The number of aldehydes is 1. The summed E-state index contributed by atoms with van der Waals surface area (Å²) in [5.41, 5.74) is 2.42. The highest BCUT2D eigenvalue weighted by atomic mass is 16.1. The van der Waals surface area contributed by atoms with Gasteiger partial charge in [-0.15, -0.1) is 0 Å². The van der Waals surface area contributed by atoms with Crippen molar-refractivity contribution in [1.29, 1.82) is 0 Å². The lowest BCUT2D eigenvalue weighted by Gasteiger charge is -2.25. The van der Waals surface area contributed by atoms with E-state index in [4.69, 9.17) is 0 Å². The van der Waals surface area contributed by atoms with Gasteiger partial charge in [0.25, 0.3) is 0 Å². The fraction of sp³-hybridized carbons (Fsp3) is 0.545. The summed E-state index contributed by atoms with van der Waals surface area (Å²) < 4.78 is 0. The van der Waals surface area contributed by atoms with Crippen LogP contribution < -0.4 is 0 Å². The lowest BCUT2D eigenvalue weighted by molar-refractivity contribution is -0.110. The molecule has 1 aliphatic rings. The Labute approximate surface area is 74.2 Å². The van der Waals surface area contributed by atoms with Gasteiger partial charge in [-0.25, -0.2) is 0 Å². The lowest BCUT2D eigenvalue weighted by atomic mass is 9.80. The van der Waals surface area contributed by atoms with E-state index in [-0.39, 0.29) is 5.92 Å². The third-order valence-electron chi connectivity index (χ3n) is 2.71. The van der Waals surface area contributed by atoms with Crippen molar-refractivity contribution in [3.63, 3.8) is 0 Å². The molecular weight excluding hydrogens is 148 g/mol. The summed E-state index contributed by atoms with van der Waals surface area (Å²) >= 11 is 0. The molecule has 2 atom stereocenters. The maximum absolute atomic E-state index is 10.7. The minimum atomic E-state index is 0.139. The molecule has 12 heavy (non-hydrogen) atoms. The smallest absolute Gasteiger partial charge is 0.127 e. The summed E-state index contributed by atoms with van der Waals surface area (Å²) in [7, 11) is 0. The van der Waals surface area contributed by atoms with E-state index in [1.54, 1.807) is 0 Å². The highest BCUT2D eigenvalue weighted by Gasteiger charge is 2.21. The molecule has 1 rings (SSSR count). The molecule has 0 saturated heterocycles. The standard InChI is InChI=1S/C11H16O/c1-8(2)10-5-4-9(3)11(6-10)7-12/h4,7,10-11H,1,5-6H2,2-3H3. The van der Waals surface area contributed by atoms with Gasteiger partial charge >= 0.3 is 0 Å². The molecule has 1 nitrogen and oxygen atoms in total. The quantitative estimate of drug-likeness (QED) is 0.453. The zero-order valence-electron chi connectivity index (χ0n) is 7.84. The van der Waals surface area contributed by atoms with E-state index in [9.17, 15) is 4.79 Å². The normalized spacial score (nSPS) is 29.3. The van der Waals surface area contributed by atoms with Crippen LogP contribution in [0.4, 0.5) is 0 Å². The average Bonchev–Trinajstić information content (AvgIpc) is 2.05. The molecule has 1 heteroatoms. The minimum Gasteiger partial charge on any atom is -0.303 e. The monoisotopic (exact) mass is 164 g/mol. The van der Waals surface area contributed by atoms with Crippen LogP contribution in [0, 0.1) is 11.8 Å². The first kappa shape index (κ1) is 9.24. The SMILES string of the molecule is C=C(C)C1CC=C(C)C(C=O)C1. The van der Waals surface area contributed by atoms with Crippen LogP contribution >= 0.6 is 0 Å². The first-order valence-electron chi connectivity index (χ1n) is 4.42. The Morgan fingerprint density at radius 1 is 1.75 bits per heavy atom. The van der Waals surface area contributed by atoms with Crippen molar-refractivity contribution in [2.45, 2.75) is 26.7 Å². The second-order valence-electron chi connectivity index (χ2n) is 3.71. The van der Waals surface area contributed by atoms with Crippen LogP contribution in [0.15, 0.2) is 23.8 Å². The maximum atomic E-state index is 10.7. The molecule has 0 aromatic rings. The summed E-state index contributed by atoms with van der Waals surface area (Å²) in [6.07, 6.45) is 5.25. The van der Waals surface area contributed by atoms with Gasteiger partial charge < -0.3 is 4.79 Å². The molecule has 0 fully saturated rings. The van der Waals surface area contributed by atoms with Crippen LogP contribution in [0.25, 0.3) is 0 Å². The second-order valence-corrected chi connectivity index (χ2v) is 3.71. The molecule has 0 spiro atoms. The summed E-state index contributed by atoms with van der Waals surface area (Å²) in [4.78, 5) is 10.7. The Morgan fingerprint density at radius 2 is 2.42 bits per heavy atom. The number of carbonyl (C=O) groups is 1. The van der Waals surface area contributed by atoms with Crippen molar-refractivity contribution in [3.05, 3.63) is 23.8 Å². The number of rotatable bonds is 2. The van der Waals surface area contributed by atoms with Crippen molar-refractivity contribution >= 4 is 6.29 Å². The molecule has 0 aliphatic heterocycles. The highest BCUT2D eigenvalue weighted by Crippen LogP contribution is 2.31. The molecule has 0 saturated carbocycles. The molecule has 2 unspecified atom stereocenters. The van der Waals surface area contributed by atoms with Gasteiger partial charge in [0.2, 0.25) is 0 Å². The van der Waals surface area contributed by atoms with Crippen LogP contribution in [0.1, 0.15) is 26.7 Å². The van der Waals surface area contributed by atoms with Crippen LogP contribution in [-0.4, -0.2) is 6.29 Å². The van der Waals surface area contributed by atoms with Crippen LogP contribution in [0.5, 0.6) is 0 Å². The van der Waals surface area contributed by atoms with Crippen LogP contribution in [0.3, 0.4) is 0 Å². The molecule has 66 valence electrons. The van der Waals surface area contributed by atoms with Crippen molar-refractivity contribution in [3.8, 4) is 0 Å². The summed E-state index contributed by atoms with van der Waals surface area (Å²) in [5, 5.41) is 0. The zero-order valence-corrected chi connectivity index (χ0v) is 7.84. The molecule has 0 bridgehead atoms. The van der Waals surface area contributed by atoms with Gasteiger partial charge in [-0.2, -0.15) is 0 Å². The lowest BCUT2D eigenvalue weighted by Crippen LogP contribution is -2.16. The van der Waals surface area contributed by atoms with Crippen molar-refractivity contribution in [2.75, 3.05) is 0 Å².